The summed E-state index contributed by atoms with van der Waals surface area (Å²) in [5.41, 5.74) is 1.06. The third-order valence-corrected chi connectivity index (χ3v) is 3.93. The molecule has 1 aliphatic rings. The zero-order valence-electron chi connectivity index (χ0n) is 13.0. The third-order valence-electron chi connectivity index (χ3n) is 3.93. The molecule has 2 aromatic rings. The van der Waals surface area contributed by atoms with Crippen LogP contribution in [0.15, 0.2) is 24.3 Å². The first-order valence-electron chi connectivity index (χ1n) is 7.14. The normalized spacial score (nSPS) is 13.3. The van der Waals surface area contributed by atoms with Crippen molar-refractivity contribution >= 4 is 23.3 Å². The highest BCUT2D eigenvalue weighted by atomic mass is 16.6. The van der Waals surface area contributed by atoms with Gasteiger partial charge in [-0.1, -0.05) is 6.07 Å². The van der Waals surface area contributed by atoms with Crippen molar-refractivity contribution in [1.29, 1.82) is 0 Å². The van der Waals surface area contributed by atoms with Gasteiger partial charge in [0.2, 0.25) is 0 Å². The first-order valence-corrected chi connectivity index (χ1v) is 7.14. The monoisotopic (exact) mass is 327 g/mol. The number of fused-ring (bicyclic) bond motifs is 1. The minimum atomic E-state index is -0.819. The summed E-state index contributed by atoms with van der Waals surface area (Å²) in [5, 5.41) is 11.1. The Bertz CT molecular complexity index is 912. The number of aromatic nitrogens is 1. The molecule has 122 valence electrons. The van der Waals surface area contributed by atoms with Crippen LogP contribution >= 0.6 is 0 Å². The third kappa shape index (κ3) is 2.28. The highest BCUT2D eigenvalue weighted by Crippen LogP contribution is 2.30. The molecule has 0 fully saturated rings. The summed E-state index contributed by atoms with van der Waals surface area (Å²) in [6.45, 7) is 3.05. The number of nitro groups is 1. The van der Waals surface area contributed by atoms with Crippen LogP contribution in [0.25, 0.3) is 0 Å². The number of nitro benzene ring substituents is 1. The molecule has 2 heterocycles. The molecule has 8 nitrogen and oxygen atoms in total. The molecule has 24 heavy (non-hydrogen) atoms. The number of Topliss-reactive ketones (excluding diaryl/α,β-unsaturated/α-hetero) is 1. The number of benzene rings is 1. The molecule has 1 aromatic carbocycles. The first-order chi connectivity index (χ1) is 11.3. The number of H-pyrrole nitrogens is 1. The zero-order chi connectivity index (χ0) is 17.6. The second kappa shape index (κ2) is 5.41. The van der Waals surface area contributed by atoms with Crippen molar-refractivity contribution in [3.05, 3.63) is 62.5 Å². The smallest absolute Gasteiger partial charge is 0.282 e. The fourth-order valence-corrected chi connectivity index (χ4v) is 2.85. The van der Waals surface area contributed by atoms with E-state index in [0.717, 1.165) is 16.7 Å². The second-order valence-corrected chi connectivity index (χ2v) is 5.57. The lowest BCUT2D eigenvalue weighted by molar-refractivity contribution is -0.385. The average Bonchev–Trinajstić information content (AvgIpc) is 2.99. The molecule has 0 saturated carbocycles. The maximum Gasteiger partial charge on any atom is 0.282 e. The van der Waals surface area contributed by atoms with E-state index in [1.807, 2.05) is 0 Å². The van der Waals surface area contributed by atoms with Crippen molar-refractivity contribution in [3.63, 3.8) is 0 Å². The van der Waals surface area contributed by atoms with E-state index < -0.39 is 34.8 Å². The lowest BCUT2D eigenvalue weighted by atomic mass is 10.1. The number of hydrogen-bond acceptors (Lipinski definition) is 5. The van der Waals surface area contributed by atoms with E-state index in [2.05, 4.69) is 4.98 Å². The average molecular weight is 327 g/mol. The predicted octanol–water partition coefficient (Wildman–Crippen LogP) is 2.02. The number of carbonyl (C=O) groups is 3. The number of hydrogen-bond donors (Lipinski definition) is 1. The van der Waals surface area contributed by atoms with Gasteiger partial charge >= 0.3 is 0 Å². The minimum absolute atomic E-state index is 0.0519. The Morgan fingerprint density at radius 2 is 1.96 bits per heavy atom. The molecule has 0 saturated heterocycles. The molecule has 0 atom stereocenters. The summed E-state index contributed by atoms with van der Waals surface area (Å²) < 4.78 is 0. The highest BCUT2D eigenvalue weighted by molar-refractivity contribution is 6.24. The van der Waals surface area contributed by atoms with Gasteiger partial charge in [-0.05, 0) is 26.0 Å². The molecule has 2 amide bonds. The number of aromatic amines is 1. The molecule has 1 aromatic heterocycles. The van der Waals surface area contributed by atoms with Gasteiger partial charge in [-0.2, -0.15) is 0 Å². The van der Waals surface area contributed by atoms with Gasteiger partial charge in [0.25, 0.3) is 17.5 Å². The molecule has 0 bridgehead atoms. The van der Waals surface area contributed by atoms with Crippen LogP contribution in [0.1, 0.15) is 42.5 Å². The topological polar surface area (TPSA) is 113 Å². The van der Waals surface area contributed by atoms with Crippen LogP contribution in [0.5, 0.6) is 0 Å². The van der Waals surface area contributed by atoms with Gasteiger partial charge in [0.1, 0.15) is 5.56 Å². The largest absolute Gasteiger partial charge is 0.362 e. The Morgan fingerprint density at radius 1 is 1.25 bits per heavy atom. The summed E-state index contributed by atoms with van der Waals surface area (Å²) in [6, 6.07) is 5.49. The number of carbonyl (C=O) groups excluding carboxylic acids is 3. The van der Waals surface area contributed by atoms with Crippen LogP contribution in [0.2, 0.25) is 0 Å². The molecule has 1 N–H and O–H groups in total. The van der Waals surface area contributed by atoms with Crippen LogP contribution in [0.4, 0.5) is 5.69 Å². The maximum atomic E-state index is 12.4. The molecular formula is C16H13N3O5. The van der Waals surface area contributed by atoms with Crippen LogP contribution < -0.4 is 0 Å². The van der Waals surface area contributed by atoms with Crippen LogP contribution in [-0.2, 0) is 0 Å². The SMILES string of the molecule is Cc1cc(C(=O)CN2C(=O)c3cccc([N+](=O)[O-])c3C2=O)c(C)[nH]1. The summed E-state index contributed by atoms with van der Waals surface area (Å²) in [7, 11) is 0. The van der Waals surface area contributed by atoms with Gasteiger partial charge in [0, 0.05) is 23.0 Å². The van der Waals surface area contributed by atoms with Gasteiger partial charge < -0.3 is 4.98 Å². The number of nitrogens with zero attached hydrogens (tertiary/aromatic N) is 2. The maximum absolute atomic E-state index is 12.4. The molecule has 0 aliphatic carbocycles. The number of amides is 2. The summed E-state index contributed by atoms with van der Waals surface area (Å²) >= 11 is 0. The standard InChI is InChI=1S/C16H13N3O5/c1-8-6-11(9(2)17-8)13(20)7-18-15(21)10-4-3-5-12(19(23)24)14(10)16(18)22/h3-6,17H,7H2,1-2H3. The van der Waals surface area contributed by atoms with Gasteiger partial charge in [0.15, 0.2) is 5.78 Å². The molecule has 0 spiro atoms. The Kier molecular flexibility index (Phi) is 3.52. The summed E-state index contributed by atoms with van der Waals surface area (Å²) in [4.78, 5) is 51.3. The predicted molar refractivity (Wildman–Crippen MR) is 83.1 cm³/mol. The number of imide groups is 1. The van der Waals surface area contributed by atoms with Gasteiger partial charge in [0.05, 0.1) is 17.0 Å². The highest BCUT2D eigenvalue weighted by Gasteiger charge is 2.41. The van der Waals surface area contributed by atoms with E-state index in [9.17, 15) is 24.5 Å². The Balaban J connectivity index is 1.94. The molecule has 1 aliphatic heterocycles. The molecule has 0 radical (unpaired) electrons. The van der Waals surface area contributed by atoms with Gasteiger partial charge in [-0.15, -0.1) is 0 Å². The van der Waals surface area contributed by atoms with Crippen molar-refractivity contribution in [3.8, 4) is 0 Å². The van der Waals surface area contributed by atoms with Crippen molar-refractivity contribution < 1.29 is 19.3 Å². The zero-order valence-corrected chi connectivity index (χ0v) is 13.0. The fourth-order valence-electron chi connectivity index (χ4n) is 2.85. The number of aryl methyl sites for hydroxylation is 2. The summed E-state index contributed by atoms with van der Waals surface area (Å²) in [5.74, 6) is -1.92. The van der Waals surface area contributed by atoms with Crippen LogP contribution in [0.3, 0.4) is 0 Å². The first kappa shape index (κ1) is 15.6. The number of nitrogens with one attached hydrogen (secondary N) is 1. The summed E-state index contributed by atoms with van der Waals surface area (Å²) in [6.07, 6.45) is 0. The molecule has 0 unspecified atom stereocenters. The van der Waals surface area contributed by atoms with Crippen molar-refractivity contribution in [1.82, 2.24) is 9.88 Å². The van der Waals surface area contributed by atoms with Crippen molar-refractivity contribution in [2.45, 2.75) is 13.8 Å². The minimum Gasteiger partial charge on any atom is -0.362 e. The van der Waals surface area contributed by atoms with Gasteiger partial charge in [-0.3, -0.25) is 29.4 Å². The Labute approximate surface area is 136 Å². The van der Waals surface area contributed by atoms with Crippen molar-refractivity contribution in [2.24, 2.45) is 0 Å². The molecule has 8 heteroatoms. The fraction of sp³-hybridized carbons (Fsp3) is 0.188. The van der Waals surface area contributed by atoms with Crippen LogP contribution in [0, 0.1) is 24.0 Å². The van der Waals surface area contributed by atoms with E-state index in [1.165, 1.54) is 12.1 Å². The quantitative estimate of drug-likeness (QED) is 0.399. The van der Waals surface area contributed by atoms with E-state index >= 15 is 0 Å². The Hall–Kier alpha value is -3.29. The van der Waals surface area contributed by atoms with E-state index in [-0.39, 0.29) is 11.1 Å². The van der Waals surface area contributed by atoms with Gasteiger partial charge in [-0.25, -0.2) is 0 Å². The van der Waals surface area contributed by atoms with E-state index in [1.54, 1.807) is 19.9 Å². The lowest BCUT2D eigenvalue weighted by Crippen LogP contribution is -2.35. The van der Waals surface area contributed by atoms with E-state index in [4.69, 9.17) is 0 Å². The lowest BCUT2D eigenvalue weighted by Gasteiger charge is -2.12. The van der Waals surface area contributed by atoms with Crippen LogP contribution in [-0.4, -0.2) is 38.9 Å². The van der Waals surface area contributed by atoms with Crippen molar-refractivity contribution in [2.75, 3.05) is 6.54 Å². The number of rotatable bonds is 4. The number of ketones is 1. The Morgan fingerprint density at radius 3 is 2.54 bits per heavy atom. The molecule has 3 rings (SSSR count). The second-order valence-electron chi connectivity index (χ2n) is 5.57. The molecular weight excluding hydrogens is 314 g/mol. The van der Waals surface area contributed by atoms with E-state index in [0.29, 0.717) is 11.3 Å².